The van der Waals surface area contributed by atoms with Crippen LogP contribution in [0, 0.1) is 5.92 Å². The molecule has 2 heterocycles. The molecule has 140 valence electrons. The fourth-order valence-electron chi connectivity index (χ4n) is 3.80. The fraction of sp³-hybridized carbons (Fsp3) is 0.300. The van der Waals surface area contributed by atoms with Crippen molar-refractivity contribution >= 4 is 40.7 Å². The molecule has 2 aromatic carbocycles. The molecule has 0 aromatic heterocycles. The third kappa shape index (κ3) is 2.90. The average Bonchev–Trinajstić information content (AvgIpc) is 3.12. The summed E-state index contributed by atoms with van der Waals surface area (Å²) in [7, 11) is 0. The molecule has 3 atom stereocenters. The first kappa shape index (κ1) is 18.3. The number of hydrogen-bond donors (Lipinski definition) is 0. The van der Waals surface area contributed by atoms with Gasteiger partial charge in [0, 0.05) is 16.1 Å². The Morgan fingerprint density at radius 3 is 2.33 bits per heavy atom. The van der Waals surface area contributed by atoms with Gasteiger partial charge in [-0.05, 0) is 43.7 Å². The van der Waals surface area contributed by atoms with E-state index in [2.05, 4.69) is 0 Å². The van der Waals surface area contributed by atoms with E-state index in [0.29, 0.717) is 15.6 Å². The van der Waals surface area contributed by atoms with Crippen molar-refractivity contribution in [3.05, 3.63) is 64.1 Å². The maximum absolute atomic E-state index is 13.1. The number of benzene rings is 2. The monoisotopic (exact) mass is 404 g/mol. The summed E-state index contributed by atoms with van der Waals surface area (Å²) >= 11 is 12.5. The van der Waals surface area contributed by atoms with Crippen molar-refractivity contribution in [2.75, 3.05) is 5.06 Å². The van der Waals surface area contributed by atoms with Crippen molar-refractivity contribution in [2.24, 2.45) is 5.92 Å². The van der Waals surface area contributed by atoms with E-state index in [9.17, 15) is 9.59 Å². The number of amides is 2. The summed E-state index contributed by atoms with van der Waals surface area (Å²) in [5.41, 5.74) is 1.45. The SMILES string of the molecule is CC(C)N1C(=O)[C@H]2[C@H](ON(c3ccccc3)[C@H]2c2ccc(Cl)cc2Cl)C1=O. The maximum Gasteiger partial charge on any atom is 0.262 e. The highest BCUT2D eigenvalue weighted by Crippen LogP contribution is 2.48. The Hall–Kier alpha value is -2.08. The molecule has 7 heteroatoms. The number of carbonyl (C=O) groups excluding carboxylic acids is 2. The van der Waals surface area contributed by atoms with Crippen LogP contribution >= 0.6 is 23.2 Å². The Kier molecular flexibility index (Phi) is 4.62. The molecule has 0 N–H and O–H groups in total. The van der Waals surface area contributed by atoms with Gasteiger partial charge in [-0.2, -0.15) is 0 Å². The van der Waals surface area contributed by atoms with Crippen molar-refractivity contribution < 1.29 is 14.4 Å². The van der Waals surface area contributed by atoms with Gasteiger partial charge < -0.3 is 0 Å². The summed E-state index contributed by atoms with van der Waals surface area (Å²) in [5, 5.41) is 2.56. The van der Waals surface area contributed by atoms with Gasteiger partial charge in [0.15, 0.2) is 6.10 Å². The van der Waals surface area contributed by atoms with Gasteiger partial charge in [0.2, 0.25) is 5.91 Å². The molecule has 2 fully saturated rings. The van der Waals surface area contributed by atoms with Gasteiger partial charge >= 0.3 is 0 Å². The highest BCUT2D eigenvalue weighted by Gasteiger charge is 2.60. The van der Waals surface area contributed by atoms with Gasteiger partial charge in [-0.3, -0.25) is 19.3 Å². The lowest BCUT2D eigenvalue weighted by atomic mass is 9.90. The lowest BCUT2D eigenvalue weighted by Crippen LogP contribution is -2.41. The zero-order valence-corrected chi connectivity index (χ0v) is 16.3. The van der Waals surface area contributed by atoms with E-state index in [0.717, 1.165) is 5.69 Å². The minimum absolute atomic E-state index is 0.231. The van der Waals surface area contributed by atoms with Gasteiger partial charge in [0.1, 0.15) is 5.92 Å². The summed E-state index contributed by atoms with van der Waals surface area (Å²) in [5.74, 6) is -1.22. The number of nitrogens with zero attached hydrogens (tertiary/aromatic N) is 2. The molecule has 2 aliphatic heterocycles. The van der Waals surface area contributed by atoms with E-state index in [-0.39, 0.29) is 17.9 Å². The van der Waals surface area contributed by atoms with Gasteiger partial charge in [-0.25, -0.2) is 5.06 Å². The Bertz CT molecular complexity index is 903. The summed E-state index contributed by atoms with van der Waals surface area (Å²) in [6.45, 7) is 3.63. The van der Waals surface area contributed by atoms with Crippen LogP contribution in [0.3, 0.4) is 0 Å². The van der Waals surface area contributed by atoms with E-state index >= 15 is 0 Å². The Labute approximate surface area is 167 Å². The van der Waals surface area contributed by atoms with Crippen molar-refractivity contribution in [3.8, 4) is 0 Å². The van der Waals surface area contributed by atoms with Crippen molar-refractivity contribution in [2.45, 2.75) is 32.0 Å². The first-order chi connectivity index (χ1) is 12.9. The Morgan fingerprint density at radius 1 is 1.00 bits per heavy atom. The smallest absolute Gasteiger partial charge is 0.262 e. The minimum Gasteiger partial charge on any atom is -0.277 e. The molecular formula is C20H18Cl2N2O3. The van der Waals surface area contributed by atoms with E-state index in [1.54, 1.807) is 23.3 Å². The van der Waals surface area contributed by atoms with Gasteiger partial charge in [-0.15, -0.1) is 0 Å². The number of rotatable bonds is 3. The molecule has 2 aliphatic rings. The number of carbonyl (C=O) groups is 2. The lowest BCUT2D eigenvalue weighted by Gasteiger charge is -2.30. The molecule has 4 rings (SSSR count). The molecule has 0 spiro atoms. The van der Waals surface area contributed by atoms with E-state index in [1.165, 1.54) is 4.90 Å². The maximum atomic E-state index is 13.1. The molecule has 5 nitrogen and oxygen atoms in total. The van der Waals surface area contributed by atoms with Crippen LogP contribution in [0.25, 0.3) is 0 Å². The normalized spacial score (nSPS) is 24.9. The third-order valence-electron chi connectivity index (χ3n) is 4.96. The average molecular weight is 405 g/mol. The predicted molar refractivity (Wildman–Crippen MR) is 103 cm³/mol. The second-order valence-corrected chi connectivity index (χ2v) is 7.81. The minimum atomic E-state index is -0.864. The van der Waals surface area contributed by atoms with Gasteiger partial charge in [0.25, 0.3) is 5.91 Å². The number of fused-ring (bicyclic) bond motifs is 1. The quantitative estimate of drug-likeness (QED) is 0.717. The van der Waals surface area contributed by atoms with E-state index in [1.807, 2.05) is 44.2 Å². The topological polar surface area (TPSA) is 49.9 Å². The van der Waals surface area contributed by atoms with Crippen molar-refractivity contribution in [1.29, 1.82) is 0 Å². The Balaban J connectivity index is 1.84. The number of imide groups is 1. The van der Waals surface area contributed by atoms with Crippen LogP contribution in [-0.2, 0) is 14.4 Å². The van der Waals surface area contributed by atoms with Crippen LogP contribution in [0.1, 0.15) is 25.5 Å². The number of hydroxylamine groups is 1. The molecule has 2 amide bonds. The number of hydrogen-bond acceptors (Lipinski definition) is 4. The van der Waals surface area contributed by atoms with E-state index in [4.69, 9.17) is 28.0 Å². The zero-order chi connectivity index (χ0) is 19.3. The third-order valence-corrected chi connectivity index (χ3v) is 5.52. The summed E-state index contributed by atoms with van der Waals surface area (Å²) in [6, 6.07) is 13.8. The van der Waals surface area contributed by atoms with Crippen LogP contribution in [0.2, 0.25) is 10.0 Å². The van der Waals surface area contributed by atoms with Gasteiger partial charge in [0.05, 0.1) is 11.7 Å². The molecule has 0 radical (unpaired) electrons. The first-order valence-corrected chi connectivity index (χ1v) is 9.48. The second kappa shape index (κ2) is 6.82. The van der Waals surface area contributed by atoms with Crippen LogP contribution in [-0.4, -0.2) is 28.9 Å². The van der Waals surface area contributed by atoms with Crippen molar-refractivity contribution in [1.82, 2.24) is 4.90 Å². The second-order valence-electron chi connectivity index (χ2n) is 6.96. The standard InChI is InChI=1S/C20H18Cl2N2O3/c1-11(2)23-19(25)16-17(14-9-8-12(21)10-15(14)22)24(27-18(16)20(23)26)13-6-4-3-5-7-13/h3-11,16-18H,1-2H3/t16-,17+,18+/m1/s1. The van der Waals surface area contributed by atoms with Gasteiger partial charge in [-0.1, -0.05) is 47.5 Å². The molecule has 2 saturated heterocycles. The molecule has 27 heavy (non-hydrogen) atoms. The number of likely N-dealkylation sites (tertiary alicyclic amines) is 1. The molecule has 0 unspecified atom stereocenters. The highest BCUT2D eigenvalue weighted by molar-refractivity contribution is 6.35. The molecule has 0 aliphatic carbocycles. The largest absolute Gasteiger partial charge is 0.277 e. The highest BCUT2D eigenvalue weighted by atomic mass is 35.5. The first-order valence-electron chi connectivity index (χ1n) is 8.73. The predicted octanol–water partition coefficient (Wildman–Crippen LogP) is 4.25. The summed E-state index contributed by atoms with van der Waals surface area (Å²) in [6.07, 6.45) is -0.864. The van der Waals surface area contributed by atoms with Crippen LogP contribution in [0.5, 0.6) is 0 Å². The summed E-state index contributed by atoms with van der Waals surface area (Å²) < 4.78 is 0. The van der Waals surface area contributed by atoms with E-state index < -0.39 is 18.1 Å². The van der Waals surface area contributed by atoms with Crippen LogP contribution in [0.4, 0.5) is 5.69 Å². The summed E-state index contributed by atoms with van der Waals surface area (Å²) in [4.78, 5) is 33.2. The van der Waals surface area contributed by atoms with Crippen molar-refractivity contribution in [3.63, 3.8) is 0 Å². The number of halogens is 2. The molecule has 2 aromatic rings. The zero-order valence-electron chi connectivity index (χ0n) is 14.8. The molecule has 0 saturated carbocycles. The van der Waals surface area contributed by atoms with Crippen LogP contribution in [0.15, 0.2) is 48.5 Å². The molecule has 0 bridgehead atoms. The lowest BCUT2D eigenvalue weighted by molar-refractivity contribution is -0.145. The molecular weight excluding hydrogens is 387 g/mol. The number of anilines is 1. The number of para-hydroxylation sites is 1. The Morgan fingerprint density at radius 2 is 1.70 bits per heavy atom. The van der Waals surface area contributed by atoms with Crippen LogP contribution < -0.4 is 5.06 Å². The fourth-order valence-corrected chi connectivity index (χ4v) is 4.32.